The number of rotatable bonds is 18. The molecule has 0 amide bonds. The van der Waals surface area contributed by atoms with Crippen LogP contribution in [-0.2, 0) is 28.5 Å². The fourth-order valence-corrected chi connectivity index (χ4v) is 3.77. The Morgan fingerprint density at radius 3 is 1.97 bits per heavy atom. The second kappa shape index (κ2) is 17.7. The maximum Gasteiger partial charge on any atom is 0.330 e. The molecule has 1 saturated heterocycles. The van der Waals surface area contributed by atoms with E-state index in [0.29, 0.717) is 44.5 Å². The second-order valence-electron chi connectivity index (χ2n) is 8.76. The van der Waals surface area contributed by atoms with E-state index in [4.69, 9.17) is 23.7 Å². The van der Waals surface area contributed by atoms with Crippen molar-refractivity contribution < 1.29 is 37.7 Å². The number of hydrogen-bond acceptors (Lipinski definition) is 7. The Hall–Kier alpha value is -2.71. The van der Waals surface area contributed by atoms with Crippen molar-refractivity contribution in [3.63, 3.8) is 0 Å². The van der Waals surface area contributed by atoms with Gasteiger partial charge < -0.3 is 23.7 Å². The van der Waals surface area contributed by atoms with Crippen molar-refractivity contribution >= 4 is 11.9 Å². The molecule has 0 saturated carbocycles. The largest absolute Gasteiger partial charge is 0.491 e. The summed E-state index contributed by atoms with van der Waals surface area (Å²) in [6, 6.07) is 4.80. The molecule has 1 aliphatic heterocycles. The molecular formula is C28H39FO7. The Balaban J connectivity index is 1.56. The van der Waals surface area contributed by atoms with Crippen LogP contribution in [0.5, 0.6) is 5.75 Å². The Kier molecular flexibility index (Phi) is 14.5. The molecular weight excluding hydrogens is 467 g/mol. The van der Waals surface area contributed by atoms with Gasteiger partial charge in [-0.1, -0.05) is 38.5 Å². The van der Waals surface area contributed by atoms with Crippen molar-refractivity contribution in [1.82, 2.24) is 0 Å². The van der Waals surface area contributed by atoms with E-state index in [1.54, 1.807) is 12.1 Å². The monoisotopic (exact) mass is 506 g/mol. The van der Waals surface area contributed by atoms with E-state index in [1.165, 1.54) is 12.1 Å². The van der Waals surface area contributed by atoms with E-state index in [-0.39, 0.29) is 11.7 Å². The summed E-state index contributed by atoms with van der Waals surface area (Å²) < 4.78 is 41.6. The first-order valence-corrected chi connectivity index (χ1v) is 12.8. The Bertz CT molecular complexity index is 818. The lowest BCUT2D eigenvalue weighted by molar-refractivity contribution is -0.206. The minimum atomic E-state index is -0.570. The highest BCUT2D eigenvalue weighted by Crippen LogP contribution is 2.30. The molecule has 1 aromatic carbocycles. The van der Waals surface area contributed by atoms with Crippen molar-refractivity contribution in [3.05, 3.63) is 54.9 Å². The first-order valence-electron chi connectivity index (χ1n) is 12.8. The van der Waals surface area contributed by atoms with E-state index >= 15 is 0 Å². The van der Waals surface area contributed by atoms with Gasteiger partial charge in [0.15, 0.2) is 17.9 Å². The highest BCUT2D eigenvalue weighted by Gasteiger charge is 2.24. The third kappa shape index (κ3) is 11.8. The van der Waals surface area contributed by atoms with E-state index < -0.39 is 18.1 Å². The van der Waals surface area contributed by atoms with E-state index in [1.807, 2.05) is 0 Å². The number of unbranched alkanes of at least 4 members (excludes halogenated alkanes) is 6. The summed E-state index contributed by atoms with van der Waals surface area (Å²) in [6.07, 6.45) is 10.1. The number of esters is 2. The van der Waals surface area contributed by atoms with Crippen LogP contribution >= 0.6 is 0 Å². The SMILES string of the molecule is C=CC(=O)OCCCCCCOc1ccc(C2OCC(CCCCCCOC(=O)C=C)CO2)cc1F. The van der Waals surface area contributed by atoms with Crippen LogP contribution in [-0.4, -0.2) is 45.0 Å². The number of hydrogen-bond donors (Lipinski definition) is 0. The van der Waals surface area contributed by atoms with E-state index in [0.717, 1.165) is 63.9 Å². The molecule has 0 aromatic heterocycles. The molecule has 0 aliphatic carbocycles. The number of halogens is 1. The van der Waals surface area contributed by atoms with Gasteiger partial charge >= 0.3 is 11.9 Å². The highest BCUT2D eigenvalue weighted by atomic mass is 19.1. The van der Waals surface area contributed by atoms with Gasteiger partial charge in [-0.25, -0.2) is 14.0 Å². The summed E-state index contributed by atoms with van der Waals surface area (Å²) in [5.74, 6) is -0.683. The summed E-state index contributed by atoms with van der Waals surface area (Å²) in [7, 11) is 0. The molecule has 0 bridgehead atoms. The standard InChI is InChI=1S/C28H39FO7/c1-3-26(30)33-17-11-6-5-9-13-22-20-35-28(36-21-22)23-14-15-25(24(29)19-23)32-16-10-7-8-12-18-34-27(31)4-2/h3-4,14-15,19,22,28H,1-2,5-13,16-18,20-21H2. The molecule has 1 aromatic rings. The summed E-state index contributed by atoms with van der Waals surface area (Å²) >= 11 is 0. The summed E-state index contributed by atoms with van der Waals surface area (Å²) in [4.78, 5) is 21.9. The second-order valence-corrected chi connectivity index (χ2v) is 8.76. The van der Waals surface area contributed by atoms with Gasteiger partial charge in [0.2, 0.25) is 0 Å². The van der Waals surface area contributed by atoms with Crippen molar-refractivity contribution in [2.75, 3.05) is 33.0 Å². The molecule has 0 N–H and O–H groups in total. The molecule has 1 fully saturated rings. The van der Waals surface area contributed by atoms with Gasteiger partial charge in [0.1, 0.15) is 0 Å². The zero-order valence-electron chi connectivity index (χ0n) is 21.1. The summed E-state index contributed by atoms with van der Waals surface area (Å²) in [5.41, 5.74) is 0.640. The quantitative estimate of drug-likeness (QED) is 0.141. The van der Waals surface area contributed by atoms with E-state index in [2.05, 4.69) is 13.2 Å². The van der Waals surface area contributed by atoms with Crippen molar-refractivity contribution in [1.29, 1.82) is 0 Å². The highest BCUT2D eigenvalue weighted by molar-refractivity contribution is 5.81. The summed E-state index contributed by atoms with van der Waals surface area (Å²) in [6.45, 7) is 9.10. The van der Waals surface area contributed by atoms with Crippen LogP contribution in [0.25, 0.3) is 0 Å². The first kappa shape index (κ1) is 29.5. The third-order valence-corrected chi connectivity index (χ3v) is 5.82. The Labute approximate surface area is 213 Å². The average molecular weight is 507 g/mol. The zero-order valence-corrected chi connectivity index (χ0v) is 21.1. The van der Waals surface area contributed by atoms with Crippen molar-refractivity contribution in [2.45, 2.75) is 64.1 Å². The van der Waals surface area contributed by atoms with Gasteiger partial charge in [-0.15, -0.1) is 0 Å². The van der Waals surface area contributed by atoms with Crippen LogP contribution < -0.4 is 4.74 Å². The molecule has 1 heterocycles. The average Bonchev–Trinajstić information content (AvgIpc) is 2.90. The molecule has 0 unspecified atom stereocenters. The maximum atomic E-state index is 14.5. The zero-order chi connectivity index (χ0) is 26.0. The minimum Gasteiger partial charge on any atom is -0.491 e. The smallest absolute Gasteiger partial charge is 0.330 e. The molecule has 2 rings (SSSR count). The predicted octanol–water partition coefficient (Wildman–Crippen LogP) is 5.84. The van der Waals surface area contributed by atoms with Crippen molar-refractivity contribution in [2.24, 2.45) is 5.92 Å². The molecule has 36 heavy (non-hydrogen) atoms. The fourth-order valence-electron chi connectivity index (χ4n) is 3.77. The Morgan fingerprint density at radius 1 is 0.861 bits per heavy atom. The van der Waals surface area contributed by atoms with Gasteiger partial charge in [-0.3, -0.25) is 0 Å². The third-order valence-electron chi connectivity index (χ3n) is 5.82. The van der Waals surface area contributed by atoms with Gasteiger partial charge in [0, 0.05) is 23.6 Å². The van der Waals surface area contributed by atoms with Crippen molar-refractivity contribution in [3.8, 4) is 5.75 Å². The van der Waals surface area contributed by atoms with E-state index in [9.17, 15) is 14.0 Å². The number of ether oxygens (including phenoxy) is 5. The van der Waals surface area contributed by atoms with Crippen LogP contribution in [0.2, 0.25) is 0 Å². The van der Waals surface area contributed by atoms with Gasteiger partial charge in [0.05, 0.1) is 33.0 Å². The van der Waals surface area contributed by atoms with Gasteiger partial charge in [-0.2, -0.15) is 0 Å². The number of carbonyl (C=O) groups excluding carboxylic acids is 2. The molecule has 8 heteroatoms. The van der Waals surface area contributed by atoms with Crippen LogP contribution in [0, 0.1) is 11.7 Å². The molecule has 200 valence electrons. The molecule has 7 nitrogen and oxygen atoms in total. The summed E-state index contributed by atoms with van der Waals surface area (Å²) in [5, 5.41) is 0. The minimum absolute atomic E-state index is 0.214. The number of benzene rings is 1. The van der Waals surface area contributed by atoms with Crippen LogP contribution in [0.15, 0.2) is 43.5 Å². The Morgan fingerprint density at radius 2 is 1.42 bits per heavy atom. The lowest BCUT2D eigenvalue weighted by atomic mass is 10.0. The van der Waals surface area contributed by atoms with Crippen LogP contribution in [0.1, 0.15) is 69.6 Å². The molecule has 0 atom stereocenters. The lowest BCUT2D eigenvalue weighted by Crippen LogP contribution is -2.27. The lowest BCUT2D eigenvalue weighted by Gasteiger charge is -2.29. The first-order chi connectivity index (χ1) is 17.5. The topological polar surface area (TPSA) is 80.3 Å². The van der Waals surface area contributed by atoms with Crippen LogP contribution in [0.3, 0.4) is 0 Å². The van der Waals surface area contributed by atoms with Crippen LogP contribution in [0.4, 0.5) is 4.39 Å². The van der Waals surface area contributed by atoms with Gasteiger partial charge in [-0.05, 0) is 50.7 Å². The molecule has 0 spiro atoms. The van der Waals surface area contributed by atoms with Gasteiger partial charge in [0.25, 0.3) is 0 Å². The normalized spacial score (nSPS) is 17.2. The maximum absolute atomic E-state index is 14.5. The predicted molar refractivity (Wildman–Crippen MR) is 134 cm³/mol. The molecule has 1 aliphatic rings. The fraction of sp³-hybridized carbons (Fsp3) is 0.571. The molecule has 0 radical (unpaired) electrons. The number of carbonyl (C=O) groups is 2.